The summed E-state index contributed by atoms with van der Waals surface area (Å²) in [5, 5.41) is 14.0. The first kappa shape index (κ1) is 13.6. The van der Waals surface area contributed by atoms with Gasteiger partial charge in [-0.3, -0.25) is 0 Å². The molecule has 0 saturated carbocycles. The molecule has 104 valence electrons. The fourth-order valence-corrected chi connectivity index (χ4v) is 1.89. The predicted molar refractivity (Wildman–Crippen MR) is 70.8 cm³/mol. The van der Waals surface area contributed by atoms with Gasteiger partial charge in [0.1, 0.15) is 5.76 Å². The van der Waals surface area contributed by atoms with E-state index in [1.807, 2.05) is 13.8 Å². The first-order valence-electron chi connectivity index (χ1n) is 6.14. The summed E-state index contributed by atoms with van der Waals surface area (Å²) in [6, 6.07) is 1.07. The number of anilines is 1. The lowest BCUT2D eigenvalue weighted by molar-refractivity contribution is 0.137. The van der Waals surface area contributed by atoms with Crippen molar-refractivity contribution < 1.29 is 14.4 Å². The molecule has 1 N–H and O–H groups in total. The van der Waals surface area contributed by atoms with Crippen molar-refractivity contribution in [3.63, 3.8) is 0 Å². The van der Waals surface area contributed by atoms with Crippen molar-refractivity contribution >= 4 is 11.8 Å². The summed E-state index contributed by atoms with van der Waals surface area (Å²) in [4.78, 5) is 14.7. The van der Waals surface area contributed by atoms with E-state index >= 15 is 0 Å². The maximum Gasteiger partial charge on any atom is 0.328 e. The number of carbonyl (C=O) groups excluding carboxylic acids is 1. The van der Waals surface area contributed by atoms with Crippen LogP contribution in [-0.2, 0) is 5.41 Å². The standard InChI is InChI=1S/C13H19N3O3/c1-6-13(3,4)9-7-10(14-19-9)16-11(17)8(2)15(5)12(16)18/h6-8,11,17H,1H2,2-5H3. The van der Waals surface area contributed by atoms with Crippen molar-refractivity contribution in [3.8, 4) is 0 Å². The third-order valence-electron chi connectivity index (χ3n) is 3.70. The minimum absolute atomic E-state index is 0.292. The Morgan fingerprint density at radius 2 is 2.21 bits per heavy atom. The maximum atomic E-state index is 12.0. The van der Waals surface area contributed by atoms with Crippen molar-refractivity contribution in [3.05, 3.63) is 24.5 Å². The third-order valence-corrected chi connectivity index (χ3v) is 3.70. The van der Waals surface area contributed by atoms with Crippen LogP contribution < -0.4 is 4.90 Å². The van der Waals surface area contributed by atoms with Crippen LogP contribution in [0.4, 0.5) is 10.6 Å². The number of amides is 2. The van der Waals surface area contributed by atoms with Crippen molar-refractivity contribution in [2.45, 2.75) is 38.5 Å². The number of rotatable bonds is 3. The van der Waals surface area contributed by atoms with Gasteiger partial charge in [-0.2, -0.15) is 0 Å². The van der Waals surface area contributed by atoms with Crippen LogP contribution >= 0.6 is 0 Å². The molecule has 0 radical (unpaired) electrons. The Balaban J connectivity index is 2.34. The monoisotopic (exact) mass is 265 g/mol. The first-order valence-corrected chi connectivity index (χ1v) is 6.14. The van der Waals surface area contributed by atoms with Crippen LogP contribution in [0.25, 0.3) is 0 Å². The molecular weight excluding hydrogens is 246 g/mol. The number of aliphatic hydroxyl groups is 1. The number of urea groups is 1. The van der Waals surface area contributed by atoms with Gasteiger partial charge in [-0.1, -0.05) is 11.2 Å². The van der Waals surface area contributed by atoms with Crippen LogP contribution in [-0.4, -0.2) is 40.5 Å². The Kier molecular flexibility index (Phi) is 3.14. The van der Waals surface area contributed by atoms with E-state index in [-0.39, 0.29) is 17.5 Å². The van der Waals surface area contributed by atoms with Crippen molar-refractivity contribution in [2.75, 3.05) is 11.9 Å². The second kappa shape index (κ2) is 4.38. The van der Waals surface area contributed by atoms with Gasteiger partial charge in [-0.15, -0.1) is 6.58 Å². The summed E-state index contributed by atoms with van der Waals surface area (Å²) in [6.45, 7) is 9.38. The number of allylic oxidation sites excluding steroid dienone is 1. The molecule has 1 fully saturated rings. The van der Waals surface area contributed by atoms with E-state index in [1.165, 1.54) is 9.80 Å². The Morgan fingerprint density at radius 3 is 2.68 bits per heavy atom. The first-order chi connectivity index (χ1) is 8.79. The predicted octanol–water partition coefficient (Wildman–Crippen LogP) is 1.72. The molecule has 19 heavy (non-hydrogen) atoms. The van der Waals surface area contributed by atoms with Crippen LogP contribution in [0.2, 0.25) is 0 Å². The summed E-state index contributed by atoms with van der Waals surface area (Å²) >= 11 is 0. The van der Waals surface area contributed by atoms with Gasteiger partial charge in [-0.25, -0.2) is 9.69 Å². The topological polar surface area (TPSA) is 69.8 Å². The molecule has 0 aromatic carbocycles. The summed E-state index contributed by atoms with van der Waals surface area (Å²) < 4.78 is 5.26. The number of likely N-dealkylation sites (N-methyl/N-ethyl adjacent to an activating group) is 1. The van der Waals surface area contributed by atoms with Crippen molar-refractivity contribution in [1.29, 1.82) is 0 Å². The molecule has 0 aliphatic carbocycles. The lowest BCUT2D eigenvalue weighted by Crippen LogP contribution is -2.35. The zero-order valence-electron chi connectivity index (χ0n) is 11.6. The normalized spacial score (nSPS) is 24.2. The number of hydrogen-bond donors (Lipinski definition) is 1. The summed E-state index contributed by atoms with van der Waals surface area (Å²) in [5.41, 5.74) is -0.378. The minimum Gasteiger partial charge on any atom is -0.371 e. The SMILES string of the molecule is C=CC(C)(C)c1cc(N2C(=O)N(C)C(C)C2O)no1. The fraction of sp³-hybridized carbons (Fsp3) is 0.538. The van der Waals surface area contributed by atoms with Gasteiger partial charge in [0.15, 0.2) is 12.0 Å². The molecule has 6 heteroatoms. The highest BCUT2D eigenvalue weighted by atomic mass is 16.5. The van der Waals surface area contributed by atoms with Crippen LogP contribution in [0.15, 0.2) is 23.2 Å². The number of nitrogens with zero attached hydrogens (tertiary/aromatic N) is 3. The molecule has 1 aliphatic heterocycles. The van der Waals surface area contributed by atoms with E-state index < -0.39 is 6.23 Å². The molecule has 1 aromatic heterocycles. The highest BCUT2D eigenvalue weighted by Gasteiger charge is 2.43. The Labute approximate surface area is 112 Å². The van der Waals surface area contributed by atoms with E-state index in [0.717, 1.165) is 0 Å². The minimum atomic E-state index is -0.928. The number of aliphatic hydroxyl groups excluding tert-OH is 1. The molecule has 1 aromatic rings. The zero-order valence-corrected chi connectivity index (χ0v) is 11.6. The van der Waals surface area contributed by atoms with Gasteiger partial charge in [-0.05, 0) is 20.8 Å². The van der Waals surface area contributed by atoms with E-state index in [0.29, 0.717) is 11.6 Å². The largest absolute Gasteiger partial charge is 0.371 e. The molecule has 0 spiro atoms. The molecule has 2 heterocycles. The van der Waals surface area contributed by atoms with E-state index in [2.05, 4.69) is 11.7 Å². The zero-order chi connectivity index (χ0) is 14.4. The summed E-state index contributed by atoms with van der Waals surface area (Å²) in [5.74, 6) is 0.915. The highest BCUT2D eigenvalue weighted by molar-refractivity contribution is 5.94. The molecule has 2 atom stereocenters. The van der Waals surface area contributed by atoms with Gasteiger partial charge in [0.05, 0.1) is 6.04 Å². The number of hydrogen-bond acceptors (Lipinski definition) is 4. The second-order valence-electron chi connectivity index (χ2n) is 5.39. The van der Waals surface area contributed by atoms with Crippen LogP contribution in [0.5, 0.6) is 0 Å². The molecule has 0 bridgehead atoms. The Morgan fingerprint density at radius 1 is 1.58 bits per heavy atom. The summed E-state index contributed by atoms with van der Waals surface area (Å²) in [7, 11) is 1.64. The molecule has 2 unspecified atom stereocenters. The quantitative estimate of drug-likeness (QED) is 0.845. The Hall–Kier alpha value is -1.82. The van der Waals surface area contributed by atoms with Crippen molar-refractivity contribution in [1.82, 2.24) is 10.1 Å². The average Bonchev–Trinajstić information content (AvgIpc) is 2.92. The molecule has 2 amide bonds. The average molecular weight is 265 g/mol. The molecule has 1 saturated heterocycles. The maximum absolute atomic E-state index is 12.0. The van der Waals surface area contributed by atoms with Gasteiger partial charge < -0.3 is 14.5 Å². The smallest absolute Gasteiger partial charge is 0.328 e. The lowest BCUT2D eigenvalue weighted by atomic mass is 9.91. The van der Waals surface area contributed by atoms with Crippen LogP contribution in [0.1, 0.15) is 26.5 Å². The molecule has 1 aliphatic rings. The van der Waals surface area contributed by atoms with E-state index in [4.69, 9.17) is 4.52 Å². The van der Waals surface area contributed by atoms with Gasteiger partial charge >= 0.3 is 6.03 Å². The molecular formula is C13H19N3O3. The fourth-order valence-electron chi connectivity index (χ4n) is 1.89. The highest BCUT2D eigenvalue weighted by Crippen LogP contribution is 2.31. The van der Waals surface area contributed by atoms with Crippen LogP contribution in [0.3, 0.4) is 0 Å². The van der Waals surface area contributed by atoms with Gasteiger partial charge in [0.2, 0.25) is 0 Å². The van der Waals surface area contributed by atoms with Gasteiger partial charge in [0, 0.05) is 18.5 Å². The Bertz CT molecular complexity index is 509. The van der Waals surface area contributed by atoms with Gasteiger partial charge in [0.25, 0.3) is 0 Å². The second-order valence-corrected chi connectivity index (χ2v) is 5.39. The molecule has 2 rings (SSSR count). The van der Waals surface area contributed by atoms with Crippen molar-refractivity contribution in [2.24, 2.45) is 0 Å². The molecule has 6 nitrogen and oxygen atoms in total. The summed E-state index contributed by atoms with van der Waals surface area (Å²) in [6.07, 6.45) is 0.816. The number of carbonyl (C=O) groups is 1. The number of aromatic nitrogens is 1. The lowest BCUT2D eigenvalue weighted by Gasteiger charge is -2.17. The third kappa shape index (κ3) is 2.02. The van der Waals surface area contributed by atoms with E-state index in [9.17, 15) is 9.90 Å². The van der Waals surface area contributed by atoms with Crippen LogP contribution in [0, 0.1) is 0 Å². The van der Waals surface area contributed by atoms with E-state index in [1.54, 1.807) is 26.1 Å².